The lowest BCUT2D eigenvalue weighted by molar-refractivity contribution is 0.0209. The van der Waals surface area contributed by atoms with Gasteiger partial charge in [-0.15, -0.1) is 0 Å². The summed E-state index contributed by atoms with van der Waals surface area (Å²) in [5, 5.41) is 0. The summed E-state index contributed by atoms with van der Waals surface area (Å²) in [6, 6.07) is 5.55. The zero-order chi connectivity index (χ0) is 17.6. The Kier molecular flexibility index (Phi) is 7.22. The topological polar surface area (TPSA) is 72.6 Å². The fourth-order valence-corrected chi connectivity index (χ4v) is 4.68. The summed E-state index contributed by atoms with van der Waals surface area (Å²) in [7, 11) is -3.41. The predicted octanol–water partition coefficient (Wildman–Crippen LogP) is 2.33. The monoisotopic (exact) mass is 354 g/mol. The summed E-state index contributed by atoms with van der Waals surface area (Å²) in [4.78, 5) is 0.416. The SMILES string of the molecule is CCc1ccc(S(=O)(=O)N2CCC(OCCCN)CC2)cc1CC. The number of nitrogens with zero attached hydrogens (tertiary/aromatic N) is 1. The first-order valence-electron chi connectivity index (χ1n) is 8.96. The molecule has 1 heterocycles. The van der Waals surface area contributed by atoms with Crippen molar-refractivity contribution in [1.82, 2.24) is 4.31 Å². The second kappa shape index (κ2) is 8.94. The number of aryl methyl sites for hydroxylation is 2. The van der Waals surface area contributed by atoms with Crippen molar-refractivity contribution in [3.63, 3.8) is 0 Å². The van der Waals surface area contributed by atoms with E-state index < -0.39 is 10.0 Å². The summed E-state index contributed by atoms with van der Waals surface area (Å²) >= 11 is 0. The van der Waals surface area contributed by atoms with E-state index in [-0.39, 0.29) is 6.10 Å². The van der Waals surface area contributed by atoms with Crippen LogP contribution < -0.4 is 5.73 Å². The van der Waals surface area contributed by atoms with E-state index in [1.54, 1.807) is 10.4 Å². The van der Waals surface area contributed by atoms with Crippen LogP contribution in [0.15, 0.2) is 23.1 Å². The van der Waals surface area contributed by atoms with E-state index in [0.29, 0.717) is 31.1 Å². The third-order valence-corrected chi connectivity index (χ3v) is 6.57. The highest BCUT2D eigenvalue weighted by Gasteiger charge is 2.29. The minimum Gasteiger partial charge on any atom is -0.378 e. The number of hydrogen-bond acceptors (Lipinski definition) is 4. The van der Waals surface area contributed by atoms with Crippen LogP contribution in [-0.2, 0) is 27.6 Å². The summed E-state index contributed by atoms with van der Waals surface area (Å²) in [6.07, 6.45) is 4.27. The second-order valence-electron chi connectivity index (χ2n) is 6.25. The molecule has 0 aliphatic carbocycles. The van der Waals surface area contributed by atoms with Gasteiger partial charge in [-0.25, -0.2) is 8.42 Å². The van der Waals surface area contributed by atoms with Crippen molar-refractivity contribution in [3.8, 4) is 0 Å². The van der Waals surface area contributed by atoms with Crippen LogP contribution in [0, 0.1) is 0 Å². The van der Waals surface area contributed by atoms with Gasteiger partial charge in [-0.3, -0.25) is 0 Å². The van der Waals surface area contributed by atoms with Gasteiger partial charge in [-0.05, 0) is 61.9 Å². The van der Waals surface area contributed by atoms with E-state index in [4.69, 9.17) is 10.5 Å². The molecule has 24 heavy (non-hydrogen) atoms. The van der Waals surface area contributed by atoms with Crippen molar-refractivity contribution >= 4 is 10.0 Å². The van der Waals surface area contributed by atoms with Crippen molar-refractivity contribution in [3.05, 3.63) is 29.3 Å². The molecule has 2 N–H and O–H groups in total. The molecule has 0 spiro atoms. The van der Waals surface area contributed by atoms with Gasteiger partial charge < -0.3 is 10.5 Å². The van der Waals surface area contributed by atoms with Crippen LogP contribution in [0.3, 0.4) is 0 Å². The third kappa shape index (κ3) is 4.57. The zero-order valence-corrected chi connectivity index (χ0v) is 15.6. The number of nitrogens with two attached hydrogens (primary N) is 1. The minimum atomic E-state index is -3.41. The lowest BCUT2D eigenvalue weighted by Crippen LogP contribution is -2.41. The third-order valence-electron chi connectivity index (χ3n) is 4.68. The highest BCUT2D eigenvalue weighted by atomic mass is 32.2. The van der Waals surface area contributed by atoms with E-state index in [2.05, 4.69) is 13.8 Å². The molecule has 0 bridgehead atoms. The average molecular weight is 355 g/mol. The van der Waals surface area contributed by atoms with Crippen molar-refractivity contribution in [2.45, 2.75) is 57.0 Å². The van der Waals surface area contributed by atoms with E-state index in [1.165, 1.54) is 5.56 Å². The van der Waals surface area contributed by atoms with Gasteiger partial charge in [0.25, 0.3) is 0 Å². The molecule has 1 fully saturated rings. The van der Waals surface area contributed by atoms with E-state index in [0.717, 1.165) is 37.7 Å². The first-order valence-corrected chi connectivity index (χ1v) is 10.4. The molecule has 136 valence electrons. The maximum atomic E-state index is 12.9. The van der Waals surface area contributed by atoms with E-state index in [9.17, 15) is 8.42 Å². The number of benzene rings is 1. The van der Waals surface area contributed by atoms with Crippen LogP contribution in [-0.4, -0.2) is 45.1 Å². The summed E-state index contributed by atoms with van der Waals surface area (Å²) in [6.45, 7) is 6.49. The van der Waals surface area contributed by atoms with Gasteiger partial charge in [0.2, 0.25) is 10.0 Å². The Morgan fingerprint density at radius 1 is 1.17 bits per heavy atom. The smallest absolute Gasteiger partial charge is 0.243 e. The Balaban J connectivity index is 2.04. The number of ether oxygens (including phenoxy) is 1. The molecule has 1 aromatic carbocycles. The minimum absolute atomic E-state index is 0.150. The van der Waals surface area contributed by atoms with Crippen LogP contribution in [0.2, 0.25) is 0 Å². The largest absolute Gasteiger partial charge is 0.378 e. The molecule has 0 amide bonds. The van der Waals surface area contributed by atoms with Gasteiger partial charge in [-0.1, -0.05) is 19.9 Å². The van der Waals surface area contributed by atoms with Crippen molar-refractivity contribution in [2.75, 3.05) is 26.2 Å². The maximum Gasteiger partial charge on any atom is 0.243 e. The Morgan fingerprint density at radius 2 is 1.83 bits per heavy atom. The first kappa shape index (κ1) is 19.4. The van der Waals surface area contributed by atoms with Gasteiger partial charge in [0.1, 0.15) is 0 Å². The summed E-state index contributed by atoms with van der Waals surface area (Å²) in [5.74, 6) is 0. The average Bonchev–Trinajstić information content (AvgIpc) is 2.61. The lowest BCUT2D eigenvalue weighted by atomic mass is 10.0. The number of sulfonamides is 1. The predicted molar refractivity (Wildman–Crippen MR) is 96.6 cm³/mol. The quantitative estimate of drug-likeness (QED) is 0.727. The Labute approximate surface area is 146 Å². The molecule has 0 radical (unpaired) electrons. The molecular formula is C18H30N2O3S. The van der Waals surface area contributed by atoms with Gasteiger partial charge in [-0.2, -0.15) is 4.31 Å². The highest BCUT2D eigenvalue weighted by molar-refractivity contribution is 7.89. The molecule has 1 saturated heterocycles. The zero-order valence-electron chi connectivity index (χ0n) is 14.8. The molecule has 0 unspecified atom stereocenters. The van der Waals surface area contributed by atoms with Gasteiger partial charge >= 0.3 is 0 Å². The molecule has 5 nitrogen and oxygen atoms in total. The molecule has 0 aromatic heterocycles. The molecule has 0 atom stereocenters. The summed E-state index contributed by atoms with van der Waals surface area (Å²) in [5.41, 5.74) is 7.81. The van der Waals surface area contributed by atoms with Crippen LogP contribution in [0.5, 0.6) is 0 Å². The Bertz CT molecular complexity index is 623. The van der Waals surface area contributed by atoms with Crippen LogP contribution in [0.4, 0.5) is 0 Å². The highest BCUT2D eigenvalue weighted by Crippen LogP contribution is 2.24. The fraction of sp³-hybridized carbons (Fsp3) is 0.667. The maximum absolute atomic E-state index is 12.9. The van der Waals surface area contributed by atoms with Crippen LogP contribution >= 0.6 is 0 Å². The van der Waals surface area contributed by atoms with E-state index >= 15 is 0 Å². The number of hydrogen-bond donors (Lipinski definition) is 1. The number of rotatable bonds is 8. The summed E-state index contributed by atoms with van der Waals surface area (Å²) < 4.78 is 33.1. The molecule has 0 saturated carbocycles. The van der Waals surface area contributed by atoms with Crippen molar-refractivity contribution < 1.29 is 13.2 Å². The molecule has 1 aliphatic rings. The van der Waals surface area contributed by atoms with Gasteiger partial charge in [0, 0.05) is 19.7 Å². The standard InChI is InChI=1S/C18H30N2O3S/c1-3-15-6-7-18(14-16(15)4-2)24(21,22)20-11-8-17(9-12-20)23-13-5-10-19/h6-7,14,17H,3-5,8-13,19H2,1-2H3. The second-order valence-corrected chi connectivity index (χ2v) is 8.19. The molecular weight excluding hydrogens is 324 g/mol. The Morgan fingerprint density at radius 3 is 2.42 bits per heavy atom. The first-order chi connectivity index (χ1) is 11.5. The lowest BCUT2D eigenvalue weighted by Gasteiger charge is -2.31. The molecule has 1 aromatic rings. The van der Waals surface area contributed by atoms with Crippen LogP contribution in [0.1, 0.15) is 44.2 Å². The fourth-order valence-electron chi connectivity index (χ4n) is 3.16. The van der Waals surface area contributed by atoms with Crippen LogP contribution in [0.25, 0.3) is 0 Å². The van der Waals surface area contributed by atoms with Gasteiger partial charge in [0.15, 0.2) is 0 Å². The number of piperidine rings is 1. The van der Waals surface area contributed by atoms with E-state index in [1.807, 2.05) is 12.1 Å². The van der Waals surface area contributed by atoms with Crippen molar-refractivity contribution in [1.29, 1.82) is 0 Å². The normalized spacial score (nSPS) is 17.3. The molecule has 1 aliphatic heterocycles. The Hall–Kier alpha value is -0.950. The van der Waals surface area contributed by atoms with Gasteiger partial charge in [0.05, 0.1) is 11.0 Å². The molecule has 2 rings (SSSR count). The molecule has 6 heteroatoms. The van der Waals surface area contributed by atoms with Crippen molar-refractivity contribution in [2.24, 2.45) is 5.73 Å².